The molecule has 2 aromatic carbocycles. The monoisotopic (exact) mass is 426 g/mol. The average molecular weight is 426 g/mol. The topological polar surface area (TPSA) is 95.3 Å². The first-order chi connectivity index (χ1) is 15.0. The van der Waals surface area contributed by atoms with Gasteiger partial charge in [-0.25, -0.2) is 9.07 Å². The minimum absolute atomic E-state index is 0.0168. The number of nitrogens with zero attached hydrogens (tertiary/aromatic N) is 3. The van der Waals surface area contributed by atoms with Crippen LogP contribution in [0.5, 0.6) is 6.01 Å². The maximum absolute atomic E-state index is 14.3. The van der Waals surface area contributed by atoms with Crippen molar-refractivity contribution in [2.75, 3.05) is 18.5 Å². The van der Waals surface area contributed by atoms with Gasteiger partial charge in [-0.3, -0.25) is 9.59 Å². The van der Waals surface area contributed by atoms with Gasteiger partial charge in [0.25, 0.3) is 0 Å². The third-order valence-corrected chi connectivity index (χ3v) is 4.23. The zero-order valence-electron chi connectivity index (χ0n) is 17.3. The van der Waals surface area contributed by atoms with Gasteiger partial charge >= 0.3 is 12.0 Å². The summed E-state index contributed by atoms with van der Waals surface area (Å²) in [7, 11) is 0. The van der Waals surface area contributed by atoms with Crippen LogP contribution in [0.4, 0.5) is 10.1 Å². The minimum Gasteiger partial charge on any atom is -0.466 e. The van der Waals surface area contributed by atoms with E-state index < -0.39 is 11.8 Å². The number of nitrogens with one attached hydrogen (secondary N) is 1. The average Bonchev–Trinajstić information content (AvgIpc) is 3.17. The Bertz CT molecular complexity index is 1050. The van der Waals surface area contributed by atoms with E-state index in [2.05, 4.69) is 15.4 Å². The van der Waals surface area contributed by atoms with Gasteiger partial charge in [0.1, 0.15) is 5.82 Å². The van der Waals surface area contributed by atoms with Crippen LogP contribution in [0.2, 0.25) is 0 Å². The van der Waals surface area contributed by atoms with Gasteiger partial charge in [0.2, 0.25) is 5.91 Å². The van der Waals surface area contributed by atoms with Gasteiger partial charge in [-0.05, 0) is 50.2 Å². The molecule has 8 nitrogen and oxygen atoms in total. The number of halogens is 1. The van der Waals surface area contributed by atoms with Gasteiger partial charge in [0.15, 0.2) is 5.82 Å². The first-order valence-corrected chi connectivity index (χ1v) is 9.92. The fraction of sp³-hybridized carbons (Fsp3) is 0.273. The molecule has 1 N–H and O–H groups in total. The van der Waals surface area contributed by atoms with E-state index in [1.165, 1.54) is 10.7 Å². The molecule has 0 aliphatic heterocycles. The Morgan fingerprint density at radius 1 is 1.03 bits per heavy atom. The van der Waals surface area contributed by atoms with E-state index in [-0.39, 0.29) is 36.9 Å². The predicted octanol–water partition coefficient (Wildman–Crippen LogP) is 3.75. The molecule has 0 bridgehead atoms. The lowest BCUT2D eigenvalue weighted by atomic mass is 10.2. The summed E-state index contributed by atoms with van der Waals surface area (Å²) in [5.41, 5.74) is 1.45. The Hall–Kier alpha value is -3.75. The van der Waals surface area contributed by atoms with Crippen molar-refractivity contribution in [2.45, 2.75) is 26.7 Å². The molecule has 0 saturated heterocycles. The van der Waals surface area contributed by atoms with Gasteiger partial charge in [-0.2, -0.15) is 4.98 Å². The molecule has 9 heteroatoms. The van der Waals surface area contributed by atoms with Crippen LogP contribution in [-0.4, -0.2) is 39.9 Å². The maximum atomic E-state index is 14.3. The quantitative estimate of drug-likeness (QED) is 0.524. The Labute approximate surface area is 179 Å². The lowest BCUT2D eigenvalue weighted by Crippen LogP contribution is -2.14. The van der Waals surface area contributed by atoms with E-state index in [9.17, 15) is 14.0 Å². The number of carbonyl (C=O) groups is 2. The van der Waals surface area contributed by atoms with Gasteiger partial charge in [-0.15, -0.1) is 5.10 Å². The highest BCUT2D eigenvalue weighted by molar-refractivity contribution is 5.92. The standard InChI is InChI=1S/C22H23FN4O4/c1-3-30-20(29)14-13-19(28)24-15-9-11-16(12-10-15)27-21(25-22(26-27)31-4-2)17-7-5-6-8-18(17)23/h5-12H,3-4,13-14H2,1-2H3,(H,24,28). The molecule has 0 atom stereocenters. The minimum atomic E-state index is -0.426. The van der Waals surface area contributed by atoms with E-state index in [4.69, 9.17) is 9.47 Å². The van der Waals surface area contributed by atoms with E-state index in [1.807, 2.05) is 6.92 Å². The van der Waals surface area contributed by atoms with E-state index in [1.54, 1.807) is 49.4 Å². The van der Waals surface area contributed by atoms with Crippen LogP contribution in [0, 0.1) is 5.82 Å². The second-order valence-corrected chi connectivity index (χ2v) is 6.44. The second-order valence-electron chi connectivity index (χ2n) is 6.44. The number of anilines is 1. The van der Waals surface area contributed by atoms with Crippen LogP contribution < -0.4 is 10.1 Å². The summed E-state index contributed by atoms with van der Waals surface area (Å²) in [4.78, 5) is 27.7. The Morgan fingerprint density at radius 3 is 2.45 bits per heavy atom. The summed E-state index contributed by atoms with van der Waals surface area (Å²) in [5.74, 6) is -0.838. The van der Waals surface area contributed by atoms with Crippen molar-refractivity contribution in [1.82, 2.24) is 14.8 Å². The highest BCUT2D eigenvalue weighted by Crippen LogP contribution is 2.26. The Kier molecular flexibility index (Phi) is 7.31. The number of hydrogen-bond acceptors (Lipinski definition) is 6. The molecule has 0 spiro atoms. The van der Waals surface area contributed by atoms with Crippen molar-refractivity contribution in [2.24, 2.45) is 0 Å². The number of rotatable bonds is 9. The molecule has 0 radical (unpaired) electrons. The number of hydrogen-bond donors (Lipinski definition) is 1. The molecule has 3 aromatic rings. The van der Waals surface area contributed by atoms with E-state index >= 15 is 0 Å². The fourth-order valence-electron chi connectivity index (χ4n) is 2.84. The van der Waals surface area contributed by atoms with E-state index in [0.717, 1.165) is 0 Å². The summed E-state index contributed by atoms with van der Waals surface area (Å²) in [6.07, 6.45) is 0.0434. The van der Waals surface area contributed by atoms with E-state index in [0.29, 0.717) is 23.8 Å². The number of amides is 1. The van der Waals surface area contributed by atoms with Crippen molar-refractivity contribution in [3.8, 4) is 23.1 Å². The van der Waals surface area contributed by atoms with Crippen LogP contribution in [0.1, 0.15) is 26.7 Å². The molecular weight excluding hydrogens is 403 g/mol. The number of benzene rings is 2. The summed E-state index contributed by atoms with van der Waals surface area (Å²) >= 11 is 0. The highest BCUT2D eigenvalue weighted by atomic mass is 19.1. The van der Waals surface area contributed by atoms with Gasteiger partial charge in [0.05, 0.1) is 30.9 Å². The van der Waals surface area contributed by atoms with Gasteiger partial charge < -0.3 is 14.8 Å². The first kappa shape index (κ1) is 21.9. The largest absolute Gasteiger partial charge is 0.466 e. The second kappa shape index (κ2) is 10.3. The third kappa shape index (κ3) is 5.65. The maximum Gasteiger partial charge on any atom is 0.336 e. The van der Waals surface area contributed by atoms with Crippen molar-refractivity contribution < 1.29 is 23.5 Å². The molecule has 162 valence electrons. The summed E-state index contributed by atoms with van der Waals surface area (Å²) in [5, 5.41) is 7.04. The molecule has 31 heavy (non-hydrogen) atoms. The lowest BCUT2D eigenvalue weighted by molar-refractivity contribution is -0.144. The molecule has 0 saturated carbocycles. The highest BCUT2D eigenvalue weighted by Gasteiger charge is 2.17. The number of ether oxygens (including phenoxy) is 2. The molecule has 1 heterocycles. The fourth-order valence-corrected chi connectivity index (χ4v) is 2.84. The Morgan fingerprint density at radius 2 is 1.77 bits per heavy atom. The van der Waals surface area contributed by atoms with Crippen molar-refractivity contribution in [3.63, 3.8) is 0 Å². The lowest BCUT2D eigenvalue weighted by Gasteiger charge is -2.09. The van der Waals surface area contributed by atoms with Gasteiger partial charge in [-0.1, -0.05) is 12.1 Å². The number of carbonyl (C=O) groups excluding carboxylic acids is 2. The summed E-state index contributed by atoms with van der Waals surface area (Å²) < 4.78 is 26.0. The number of esters is 1. The zero-order valence-corrected chi connectivity index (χ0v) is 17.3. The van der Waals surface area contributed by atoms with Gasteiger partial charge in [0, 0.05) is 12.1 Å². The number of aromatic nitrogens is 3. The van der Waals surface area contributed by atoms with Crippen LogP contribution >= 0.6 is 0 Å². The normalized spacial score (nSPS) is 10.5. The van der Waals surface area contributed by atoms with Crippen LogP contribution in [0.25, 0.3) is 17.1 Å². The smallest absolute Gasteiger partial charge is 0.336 e. The van der Waals surface area contributed by atoms with Crippen LogP contribution in [0.15, 0.2) is 48.5 Å². The van der Waals surface area contributed by atoms with Crippen LogP contribution in [0.3, 0.4) is 0 Å². The zero-order chi connectivity index (χ0) is 22.2. The molecule has 1 amide bonds. The predicted molar refractivity (Wildman–Crippen MR) is 112 cm³/mol. The third-order valence-electron chi connectivity index (χ3n) is 4.23. The molecular formula is C22H23FN4O4. The molecule has 3 rings (SSSR count). The van der Waals surface area contributed by atoms with Crippen molar-refractivity contribution in [3.05, 3.63) is 54.3 Å². The Balaban J connectivity index is 1.78. The molecule has 0 unspecified atom stereocenters. The molecule has 0 aliphatic carbocycles. The molecule has 1 aromatic heterocycles. The summed E-state index contributed by atoms with van der Waals surface area (Å²) in [6.45, 7) is 4.17. The first-order valence-electron chi connectivity index (χ1n) is 9.92. The molecule has 0 aliphatic rings. The van der Waals surface area contributed by atoms with Crippen molar-refractivity contribution in [1.29, 1.82) is 0 Å². The summed E-state index contributed by atoms with van der Waals surface area (Å²) in [6, 6.07) is 13.2. The SMILES string of the molecule is CCOC(=O)CCC(=O)Nc1ccc(-n2nc(OCC)nc2-c2ccccc2F)cc1. The van der Waals surface area contributed by atoms with Crippen molar-refractivity contribution >= 4 is 17.6 Å². The molecule has 0 fully saturated rings. The van der Waals surface area contributed by atoms with Crippen LogP contribution in [-0.2, 0) is 14.3 Å².